The van der Waals surface area contributed by atoms with Crippen LogP contribution in [0.25, 0.3) is 0 Å². The summed E-state index contributed by atoms with van der Waals surface area (Å²) >= 11 is 0. The Morgan fingerprint density at radius 3 is 2.77 bits per heavy atom. The Morgan fingerprint density at radius 2 is 1.95 bits per heavy atom. The van der Waals surface area contributed by atoms with Crippen LogP contribution in [0.1, 0.15) is 5.56 Å². The lowest BCUT2D eigenvalue weighted by Crippen LogP contribution is -2.57. The molecule has 2 heterocycles. The normalized spacial score (nSPS) is 21.4. The third-order valence-electron chi connectivity index (χ3n) is 3.68. The third-order valence-corrected chi connectivity index (χ3v) is 3.68. The molecule has 0 aliphatic carbocycles. The van der Waals surface area contributed by atoms with E-state index < -0.39 is 16.6 Å². The van der Waals surface area contributed by atoms with Crippen LogP contribution in [0.2, 0.25) is 0 Å². The van der Waals surface area contributed by atoms with Crippen molar-refractivity contribution in [3.8, 4) is 5.75 Å². The summed E-state index contributed by atoms with van der Waals surface area (Å²) in [6, 6.07) is 11.3. The molecular formula is C14H10N4O4. The molecule has 0 bridgehead atoms. The number of para-hydroxylation sites is 2. The van der Waals surface area contributed by atoms with Crippen LogP contribution >= 0.6 is 0 Å². The van der Waals surface area contributed by atoms with Crippen molar-refractivity contribution in [3.63, 3.8) is 0 Å². The minimum absolute atomic E-state index is 0.112. The molecule has 1 spiro atoms. The SMILES string of the molecule is O=C1Nc2ccc([N+](=O)[O-])cc2[C@@]12NNc1ccccc1O2. The minimum atomic E-state index is -1.53. The van der Waals surface area contributed by atoms with E-state index in [1.807, 2.05) is 6.07 Å². The highest BCUT2D eigenvalue weighted by Crippen LogP contribution is 2.43. The summed E-state index contributed by atoms with van der Waals surface area (Å²) in [5, 5.41) is 13.6. The fraction of sp³-hybridized carbons (Fsp3) is 0.0714. The Labute approximate surface area is 124 Å². The first-order chi connectivity index (χ1) is 10.6. The number of nitro groups is 1. The van der Waals surface area contributed by atoms with E-state index in [1.165, 1.54) is 18.2 Å². The number of nitrogens with one attached hydrogen (secondary N) is 3. The molecular weight excluding hydrogens is 288 g/mol. The Kier molecular flexibility index (Phi) is 2.40. The number of carbonyl (C=O) groups is 1. The van der Waals surface area contributed by atoms with E-state index in [1.54, 1.807) is 18.2 Å². The maximum atomic E-state index is 12.4. The van der Waals surface area contributed by atoms with Gasteiger partial charge in [-0.05, 0) is 18.2 Å². The molecule has 1 atom stereocenters. The van der Waals surface area contributed by atoms with E-state index in [4.69, 9.17) is 4.74 Å². The summed E-state index contributed by atoms with van der Waals surface area (Å²) in [5.74, 6) is 0.0424. The smallest absolute Gasteiger partial charge is 0.291 e. The summed E-state index contributed by atoms with van der Waals surface area (Å²) in [5.41, 5.74) is 5.61. The quantitative estimate of drug-likeness (QED) is 0.546. The molecule has 0 unspecified atom stereocenters. The molecule has 4 rings (SSSR count). The fourth-order valence-corrected chi connectivity index (χ4v) is 2.61. The number of fused-ring (bicyclic) bond motifs is 3. The molecule has 0 aromatic heterocycles. The maximum absolute atomic E-state index is 12.4. The average Bonchev–Trinajstić information content (AvgIpc) is 2.79. The molecule has 22 heavy (non-hydrogen) atoms. The lowest BCUT2D eigenvalue weighted by molar-refractivity contribution is -0.385. The van der Waals surface area contributed by atoms with Crippen LogP contribution in [0, 0.1) is 10.1 Å². The second-order valence-corrected chi connectivity index (χ2v) is 4.97. The van der Waals surface area contributed by atoms with Crippen molar-refractivity contribution < 1.29 is 14.5 Å². The lowest BCUT2D eigenvalue weighted by atomic mass is 10.0. The molecule has 2 aliphatic heterocycles. The van der Waals surface area contributed by atoms with Gasteiger partial charge in [0.15, 0.2) is 0 Å². The highest BCUT2D eigenvalue weighted by Gasteiger charge is 2.52. The van der Waals surface area contributed by atoms with Gasteiger partial charge in [0.1, 0.15) is 5.75 Å². The van der Waals surface area contributed by atoms with Crippen molar-refractivity contribution in [2.75, 3.05) is 10.7 Å². The van der Waals surface area contributed by atoms with Crippen molar-refractivity contribution in [2.24, 2.45) is 0 Å². The molecule has 2 aromatic rings. The van der Waals surface area contributed by atoms with Crippen LogP contribution in [0.4, 0.5) is 17.1 Å². The molecule has 3 N–H and O–H groups in total. The molecule has 1 amide bonds. The van der Waals surface area contributed by atoms with Crippen LogP contribution in [0.3, 0.4) is 0 Å². The van der Waals surface area contributed by atoms with Crippen LogP contribution in [0.5, 0.6) is 5.75 Å². The number of ether oxygens (including phenoxy) is 1. The molecule has 2 aliphatic rings. The van der Waals surface area contributed by atoms with E-state index >= 15 is 0 Å². The highest BCUT2D eigenvalue weighted by atomic mass is 16.6. The van der Waals surface area contributed by atoms with Crippen LogP contribution in [0.15, 0.2) is 42.5 Å². The zero-order valence-electron chi connectivity index (χ0n) is 11.1. The molecule has 0 saturated carbocycles. The van der Waals surface area contributed by atoms with Gasteiger partial charge < -0.3 is 15.5 Å². The van der Waals surface area contributed by atoms with E-state index in [0.29, 0.717) is 22.7 Å². The molecule has 0 fully saturated rings. The van der Waals surface area contributed by atoms with E-state index in [-0.39, 0.29) is 5.69 Å². The summed E-state index contributed by atoms with van der Waals surface area (Å²) < 4.78 is 5.85. The van der Waals surface area contributed by atoms with E-state index in [2.05, 4.69) is 16.2 Å². The maximum Gasteiger partial charge on any atom is 0.291 e. The molecule has 8 heteroatoms. The van der Waals surface area contributed by atoms with Gasteiger partial charge in [-0.2, -0.15) is 5.43 Å². The van der Waals surface area contributed by atoms with E-state index in [0.717, 1.165) is 0 Å². The van der Waals surface area contributed by atoms with Gasteiger partial charge in [0.25, 0.3) is 17.3 Å². The van der Waals surface area contributed by atoms with Gasteiger partial charge in [0.2, 0.25) is 0 Å². The van der Waals surface area contributed by atoms with Crippen molar-refractivity contribution in [2.45, 2.75) is 5.72 Å². The number of hydrazine groups is 1. The zero-order valence-corrected chi connectivity index (χ0v) is 11.1. The summed E-state index contributed by atoms with van der Waals surface area (Å²) in [7, 11) is 0. The van der Waals surface area contributed by atoms with Crippen LogP contribution < -0.4 is 20.9 Å². The van der Waals surface area contributed by atoms with Crippen molar-refractivity contribution in [1.29, 1.82) is 0 Å². The van der Waals surface area contributed by atoms with Gasteiger partial charge in [0, 0.05) is 12.1 Å². The van der Waals surface area contributed by atoms with Crippen molar-refractivity contribution >= 4 is 23.0 Å². The number of amides is 1. The average molecular weight is 298 g/mol. The number of nitro benzene ring substituents is 1. The monoisotopic (exact) mass is 298 g/mol. The number of non-ortho nitro benzene ring substituents is 1. The number of carbonyl (C=O) groups excluding carboxylic acids is 1. The van der Waals surface area contributed by atoms with Gasteiger partial charge in [0.05, 0.1) is 21.9 Å². The molecule has 8 nitrogen and oxygen atoms in total. The van der Waals surface area contributed by atoms with Crippen molar-refractivity contribution in [1.82, 2.24) is 5.43 Å². The van der Waals surface area contributed by atoms with Crippen molar-refractivity contribution in [3.05, 3.63) is 58.1 Å². The van der Waals surface area contributed by atoms with Gasteiger partial charge in [-0.1, -0.05) is 12.1 Å². The molecule has 110 valence electrons. The molecule has 0 radical (unpaired) electrons. The number of hydrogen-bond donors (Lipinski definition) is 3. The number of rotatable bonds is 1. The Morgan fingerprint density at radius 1 is 1.14 bits per heavy atom. The second kappa shape index (κ2) is 4.18. The number of hydrogen-bond acceptors (Lipinski definition) is 6. The topological polar surface area (TPSA) is 106 Å². The highest BCUT2D eigenvalue weighted by molar-refractivity contribution is 6.05. The van der Waals surface area contributed by atoms with Crippen LogP contribution in [-0.2, 0) is 10.5 Å². The summed E-state index contributed by atoms with van der Waals surface area (Å²) in [6.07, 6.45) is 0. The standard InChI is InChI=1S/C14H10N4O4/c19-13-14(17-16-11-3-1-2-4-12(11)22-14)9-7-8(18(20)21)5-6-10(9)15-13/h1-7,16-17H,(H,15,19)/t14-/m0/s1. The Bertz CT molecular complexity index is 822. The van der Waals surface area contributed by atoms with E-state index in [9.17, 15) is 14.9 Å². The predicted molar refractivity (Wildman–Crippen MR) is 77.2 cm³/mol. The van der Waals surface area contributed by atoms with Gasteiger partial charge in [-0.25, -0.2) is 0 Å². The molecule has 0 saturated heterocycles. The van der Waals surface area contributed by atoms with Crippen LogP contribution in [-0.4, -0.2) is 10.8 Å². The number of anilines is 2. The molecule has 2 aromatic carbocycles. The first-order valence-corrected chi connectivity index (χ1v) is 6.52. The van der Waals surface area contributed by atoms with Gasteiger partial charge >= 0.3 is 0 Å². The number of benzene rings is 2. The number of nitrogens with zero attached hydrogens (tertiary/aromatic N) is 1. The first-order valence-electron chi connectivity index (χ1n) is 6.52. The zero-order chi connectivity index (χ0) is 15.3. The Balaban J connectivity index is 1.86. The summed E-state index contributed by atoms with van der Waals surface area (Å²) in [4.78, 5) is 22.9. The fourth-order valence-electron chi connectivity index (χ4n) is 2.61. The third kappa shape index (κ3) is 1.58. The first kappa shape index (κ1) is 12.6. The van der Waals surface area contributed by atoms with Gasteiger partial charge in [-0.15, -0.1) is 0 Å². The predicted octanol–water partition coefficient (Wildman–Crippen LogP) is 1.71. The van der Waals surface area contributed by atoms with Gasteiger partial charge in [-0.3, -0.25) is 14.9 Å². The Hall–Kier alpha value is -3.13. The largest absolute Gasteiger partial charge is 0.455 e. The second-order valence-electron chi connectivity index (χ2n) is 4.97. The summed E-state index contributed by atoms with van der Waals surface area (Å²) in [6.45, 7) is 0. The lowest BCUT2D eigenvalue weighted by Gasteiger charge is -2.35. The minimum Gasteiger partial charge on any atom is -0.455 e.